The standard InChI is InChI=1S/C11H21NO7S/c1-20-3-2-6(10(17)18)12-11(5-14)9(16)8(15)7(4-13)19-11/h6-9,12-16H,2-5H2,1H3,(H,17,18)/t6-,7+,8+,9-,11?/m0/s1. The van der Waals surface area contributed by atoms with Gasteiger partial charge in [-0.25, -0.2) is 0 Å². The van der Waals surface area contributed by atoms with Crippen LogP contribution in [0, 0.1) is 0 Å². The molecule has 9 heteroatoms. The molecule has 118 valence electrons. The van der Waals surface area contributed by atoms with E-state index >= 15 is 0 Å². The molecule has 0 saturated carbocycles. The SMILES string of the molecule is CSCC[C@H](NC1(CO)O[C@H](CO)[C@@H](O)[C@@H]1O)C(=O)O. The molecule has 1 rings (SSSR count). The van der Waals surface area contributed by atoms with Gasteiger partial charge in [-0.1, -0.05) is 0 Å². The van der Waals surface area contributed by atoms with Crippen molar-refractivity contribution in [3.63, 3.8) is 0 Å². The smallest absolute Gasteiger partial charge is 0.320 e. The number of hydrogen-bond acceptors (Lipinski definition) is 8. The molecule has 0 spiro atoms. The van der Waals surface area contributed by atoms with E-state index in [2.05, 4.69) is 5.32 Å². The fourth-order valence-electron chi connectivity index (χ4n) is 2.12. The first-order valence-corrected chi connectivity index (χ1v) is 7.56. The molecule has 0 radical (unpaired) electrons. The quantitative estimate of drug-likeness (QED) is 0.289. The Kier molecular flexibility index (Phi) is 6.65. The second-order valence-electron chi connectivity index (χ2n) is 4.64. The third kappa shape index (κ3) is 3.61. The molecule has 0 bridgehead atoms. The van der Waals surface area contributed by atoms with E-state index < -0.39 is 49.3 Å². The Morgan fingerprint density at radius 2 is 2.10 bits per heavy atom. The lowest BCUT2D eigenvalue weighted by Crippen LogP contribution is -2.62. The molecule has 6 N–H and O–H groups in total. The number of carboxylic acids is 1. The average molecular weight is 311 g/mol. The maximum absolute atomic E-state index is 11.2. The summed E-state index contributed by atoms with van der Waals surface area (Å²) in [7, 11) is 0. The number of rotatable bonds is 8. The number of nitrogens with one attached hydrogen (secondary N) is 1. The van der Waals surface area contributed by atoms with Crippen LogP contribution in [0.3, 0.4) is 0 Å². The Morgan fingerprint density at radius 3 is 2.50 bits per heavy atom. The number of carbonyl (C=O) groups is 1. The molecule has 5 atom stereocenters. The highest BCUT2D eigenvalue weighted by Crippen LogP contribution is 2.29. The largest absolute Gasteiger partial charge is 0.480 e. The molecule has 0 aromatic rings. The highest BCUT2D eigenvalue weighted by molar-refractivity contribution is 7.98. The van der Waals surface area contributed by atoms with Crippen LogP contribution in [0.1, 0.15) is 6.42 Å². The van der Waals surface area contributed by atoms with Crippen molar-refractivity contribution in [3.05, 3.63) is 0 Å². The lowest BCUT2D eigenvalue weighted by Gasteiger charge is -2.34. The molecule has 20 heavy (non-hydrogen) atoms. The number of hydrogen-bond donors (Lipinski definition) is 6. The molecule has 0 amide bonds. The molecular weight excluding hydrogens is 290 g/mol. The van der Waals surface area contributed by atoms with Crippen molar-refractivity contribution < 1.29 is 35.1 Å². The van der Waals surface area contributed by atoms with Crippen LogP contribution in [-0.2, 0) is 9.53 Å². The molecule has 1 fully saturated rings. The summed E-state index contributed by atoms with van der Waals surface area (Å²) in [5.74, 6) is -0.585. The van der Waals surface area contributed by atoms with Crippen LogP contribution in [0.15, 0.2) is 0 Å². The van der Waals surface area contributed by atoms with Gasteiger partial charge in [0.1, 0.15) is 24.4 Å². The average Bonchev–Trinajstić information content (AvgIpc) is 2.68. The maximum atomic E-state index is 11.2. The molecule has 0 aromatic heterocycles. The fourth-order valence-corrected chi connectivity index (χ4v) is 2.59. The topological polar surface area (TPSA) is 139 Å². The first kappa shape index (κ1) is 17.6. The number of aliphatic hydroxyl groups is 4. The van der Waals surface area contributed by atoms with E-state index in [1.807, 2.05) is 6.26 Å². The third-order valence-electron chi connectivity index (χ3n) is 3.29. The van der Waals surface area contributed by atoms with Gasteiger partial charge in [0.05, 0.1) is 13.2 Å². The summed E-state index contributed by atoms with van der Waals surface area (Å²) in [5.41, 5.74) is -1.80. The van der Waals surface area contributed by atoms with Crippen molar-refractivity contribution in [2.75, 3.05) is 25.2 Å². The van der Waals surface area contributed by atoms with Gasteiger partial charge >= 0.3 is 5.97 Å². The number of aliphatic hydroxyl groups excluding tert-OH is 4. The Morgan fingerprint density at radius 1 is 1.45 bits per heavy atom. The van der Waals surface area contributed by atoms with E-state index in [9.17, 15) is 20.1 Å². The third-order valence-corrected chi connectivity index (χ3v) is 3.93. The number of ether oxygens (including phenoxy) is 1. The minimum atomic E-state index is -1.80. The highest BCUT2D eigenvalue weighted by Gasteiger charge is 2.54. The van der Waals surface area contributed by atoms with Crippen molar-refractivity contribution in [2.45, 2.75) is 36.5 Å². The van der Waals surface area contributed by atoms with Gasteiger partial charge in [-0.05, 0) is 18.4 Å². The normalized spacial score (nSPS) is 35.1. The second kappa shape index (κ2) is 7.55. The van der Waals surface area contributed by atoms with Crippen molar-refractivity contribution >= 4 is 17.7 Å². The van der Waals surface area contributed by atoms with Gasteiger partial charge in [0, 0.05) is 0 Å². The van der Waals surface area contributed by atoms with E-state index in [1.165, 1.54) is 11.8 Å². The highest BCUT2D eigenvalue weighted by atomic mass is 32.2. The lowest BCUT2D eigenvalue weighted by molar-refractivity contribution is -0.158. The van der Waals surface area contributed by atoms with Crippen LogP contribution < -0.4 is 5.32 Å². The van der Waals surface area contributed by atoms with Crippen LogP contribution in [-0.4, -0.2) is 86.8 Å². The molecule has 1 heterocycles. The Balaban J connectivity index is 2.85. The van der Waals surface area contributed by atoms with Gasteiger partial charge in [-0.3, -0.25) is 10.1 Å². The number of thioether (sulfide) groups is 1. The molecule has 8 nitrogen and oxygen atoms in total. The van der Waals surface area contributed by atoms with E-state index in [0.717, 1.165) is 0 Å². The zero-order valence-corrected chi connectivity index (χ0v) is 11.9. The van der Waals surface area contributed by atoms with Crippen LogP contribution in [0.2, 0.25) is 0 Å². The fraction of sp³-hybridized carbons (Fsp3) is 0.909. The second-order valence-corrected chi connectivity index (χ2v) is 5.62. The molecular formula is C11H21NO7S. The van der Waals surface area contributed by atoms with Crippen molar-refractivity contribution in [1.29, 1.82) is 0 Å². The molecule has 1 unspecified atom stereocenters. The van der Waals surface area contributed by atoms with Crippen molar-refractivity contribution in [3.8, 4) is 0 Å². The number of aliphatic carboxylic acids is 1. The maximum Gasteiger partial charge on any atom is 0.320 e. The first-order valence-electron chi connectivity index (χ1n) is 6.17. The van der Waals surface area contributed by atoms with Crippen LogP contribution in [0.25, 0.3) is 0 Å². The van der Waals surface area contributed by atoms with Crippen molar-refractivity contribution in [1.82, 2.24) is 5.32 Å². The lowest BCUT2D eigenvalue weighted by atomic mass is 10.0. The minimum Gasteiger partial charge on any atom is -0.480 e. The van der Waals surface area contributed by atoms with Gasteiger partial charge in [0.25, 0.3) is 0 Å². The summed E-state index contributed by atoms with van der Waals surface area (Å²) in [6.45, 7) is -1.28. The van der Waals surface area contributed by atoms with Crippen molar-refractivity contribution in [2.24, 2.45) is 0 Å². The summed E-state index contributed by atoms with van der Waals surface area (Å²) in [6.07, 6.45) is -1.95. The summed E-state index contributed by atoms with van der Waals surface area (Å²) in [6, 6.07) is -1.05. The van der Waals surface area contributed by atoms with E-state index in [-0.39, 0.29) is 6.42 Å². The Bertz CT molecular complexity index is 332. The Hall–Kier alpha value is -0.420. The van der Waals surface area contributed by atoms with E-state index in [0.29, 0.717) is 5.75 Å². The predicted octanol–water partition coefficient (Wildman–Crippen LogP) is -2.42. The monoisotopic (exact) mass is 311 g/mol. The molecule has 0 aliphatic carbocycles. The zero-order valence-electron chi connectivity index (χ0n) is 11.1. The number of carboxylic acid groups (broad SMARTS) is 1. The summed E-state index contributed by atoms with van der Waals surface area (Å²) in [5, 5.41) is 49.8. The molecule has 1 aliphatic rings. The predicted molar refractivity (Wildman–Crippen MR) is 71.3 cm³/mol. The summed E-state index contributed by atoms with van der Waals surface area (Å²) in [4.78, 5) is 11.2. The van der Waals surface area contributed by atoms with Gasteiger partial charge in [0.15, 0.2) is 5.72 Å². The van der Waals surface area contributed by atoms with E-state index in [4.69, 9.17) is 14.9 Å². The van der Waals surface area contributed by atoms with Gasteiger partial charge in [-0.15, -0.1) is 0 Å². The molecule has 1 saturated heterocycles. The van der Waals surface area contributed by atoms with Gasteiger partial charge in [0.2, 0.25) is 0 Å². The summed E-state index contributed by atoms with van der Waals surface area (Å²) >= 11 is 1.46. The molecule has 0 aromatic carbocycles. The Labute approximate surface area is 120 Å². The van der Waals surface area contributed by atoms with Gasteiger partial charge < -0.3 is 30.3 Å². The molecule has 1 aliphatic heterocycles. The first-order chi connectivity index (χ1) is 9.41. The van der Waals surface area contributed by atoms with E-state index in [1.54, 1.807) is 0 Å². The van der Waals surface area contributed by atoms with Gasteiger partial charge in [-0.2, -0.15) is 11.8 Å². The summed E-state index contributed by atoms with van der Waals surface area (Å²) < 4.78 is 5.25. The van der Waals surface area contributed by atoms with Crippen LogP contribution >= 0.6 is 11.8 Å². The zero-order chi connectivity index (χ0) is 15.3. The minimum absolute atomic E-state index is 0.258. The van der Waals surface area contributed by atoms with Crippen LogP contribution in [0.5, 0.6) is 0 Å². The van der Waals surface area contributed by atoms with Crippen LogP contribution in [0.4, 0.5) is 0 Å².